The summed E-state index contributed by atoms with van der Waals surface area (Å²) in [5, 5.41) is 20.8. The van der Waals surface area contributed by atoms with Crippen LogP contribution in [0.4, 0.5) is 5.69 Å². The maximum Gasteiger partial charge on any atom is 0.237 e. The third-order valence-corrected chi connectivity index (χ3v) is 2.73. The van der Waals surface area contributed by atoms with Gasteiger partial charge in [-0.05, 0) is 36.8 Å². The van der Waals surface area contributed by atoms with Gasteiger partial charge in [-0.1, -0.05) is 6.92 Å². The quantitative estimate of drug-likeness (QED) is 0.683. The molecule has 2 rings (SSSR count). The van der Waals surface area contributed by atoms with E-state index in [-0.39, 0.29) is 5.71 Å². The highest BCUT2D eigenvalue weighted by Crippen LogP contribution is 2.18. The Bertz CT molecular complexity index is 718. The standard InChI is InChI=1S/C15H12N6/c1-2-12-7-8-18-15(19-12)11-3-5-13(6-4-11)20-21-14(9-16)10-17/h3-8,20H,2H2,1H3. The number of hydrogen-bond donors (Lipinski definition) is 1. The lowest BCUT2D eigenvalue weighted by molar-refractivity contribution is 1.01. The lowest BCUT2D eigenvalue weighted by Gasteiger charge is -2.04. The topological polar surface area (TPSA) is 97.8 Å². The predicted molar refractivity (Wildman–Crippen MR) is 79.1 cm³/mol. The number of nitrogens with zero attached hydrogens (tertiary/aromatic N) is 5. The van der Waals surface area contributed by atoms with Gasteiger partial charge in [0.1, 0.15) is 12.1 Å². The maximum atomic E-state index is 8.59. The molecule has 1 aromatic heterocycles. The molecule has 6 nitrogen and oxygen atoms in total. The maximum absolute atomic E-state index is 8.59. The first kappa shape index (κ1) is 14.2. The zero-order valence-corrected chi connectivity index (χ0v) is 11.4. The summed E-state index contributed by atoms with van der Waals surface area (Å²) in [5.74, 6) is 0.666. The molecule has 1 heterocycles. The molecule has 0 spiro atoms. The zero-order valence-electron chi connectivity index (χ0n) is 11.4. The molecule has 1 aromatic carbocycles. The van der Waals surface area contributed by atoms with E-state index in [9.17, 15) is 0 Å². The molecule has 6 heteroatoms. The van der Waals surface area contributed by atoms with Gasteiger partial charge in [0.25, 0.3) is 0 Å². The van der Waals surface area contributed by atoms with Crippen LogP contribution in [0, 0.1) is 22.7 Å². The Morgan fingerprint density at radius 1 is 1.19 bits per heavy atom. The molecule has 2 aromatic rings. The fourth-order valence-corrected chi connectivity index (χ4v) is 1.62. The Kier molecular flexibility index (Phi) is 4.58. The molecule has 102 valence electrons. The average molecular weight is 276 g/mol. The van der Waals surface area contributed by atoms with Crippen LogP contribution in [0.2, 0.25) is 0 Å². The van der Waals surface area contributed by atoms with Gasteiger partial charge in [0.2, 0.25) is 5.71 Å². The van der Waals surface area contributed by atoms with Gasteiger partial charge in [0, 0.05) is 17.5 Å². The van der Waals surface area contributed by atoms with E-state index >= 15 is 0 Å². The van der Waals surface area contributed by atoms with Crippen LogP contribution in [0.3, 0.4) is 0 Å². The number of benzene rings is 1. The smallest absolute Gasteiger partial charge is 0.237 e. The largest absolute Gasteiger partial charge is 0.277 e. The minimum Gasteiger partial charge on any atom is -0.277 e. The number of hydrazone groups is 1. The Morgan fingerprint density at radius 2 is 1.90 bits per heavy atom. The number of aryl methyl sites for hydroxylation is 1. The van der Waals surface area contributed by atoms with Gasteiger partial charge < -0.3 is 0 Å². The van der Waals surface area contributed by atoms with Crippen LogP contribution >= 0.6 is 0 Å². The van der Waals surface area contributed by atoms with Crippen LogP contribution in [0.5, 0.6) is 0 Å². The molecule has 0 fully saturated rings. The number of aromatic nitrogens is 2. The molecule has 0 bridgehead atoms. The Hall–Kier alpha value is -3.25. The van der Waals surface area contributed by atoms with E-state index in [2.05, 4.69) is 20.5 Å². The first-order valence-electron chi connectivity index (χ1n) is 6.33. The number of rotatable bonds is 4. The second-order valence-electron chi connectivity index (χ2n) is 4.10. The van der Waals surface area contributed by atoms with Gasteiger partial charge in [-0.15, -0.1) is 0 Å². The van der Waals surface area contributed by atoms with Crippen molar-refractivity contribution in [3.63, 3.8) is 0 Å². The van der Waals surface area contributed by atoms with Crippen LogP contribution < -0.4 is 5.43 Å². The summed E-state index contributed by atoms with van der Waals surface area (Å²) in [6, 6.07) is 12.5. The van der Waals surface area contributed by atoms with E-state index in [0.29, 0.717) is 11.5 Å². The molecule has 0 amide bonds. The molecule has 0 aliphatic rings. The minimum absolute atomic E-state index is 0.224. The molecule has 0 saturated carbocycles. The normalized spacial score (nSPS) is 9.29. The highest BCUT2D eigenvalue weighted by atomic mass is 15.3. The minimum atomic E-state index is -0.224. The highest BCUT2D eigenvalue weighted by Gasteiger charge is 2.02. The van der Waals surface area contributed by atoms with Crippen molar-refractivity contribution in [1.82, 2.24) is 9.97 Å². The van der Waals surface area contributed by atoms with E-state index in [1.807, 2.05) is 25.1 Å². The third kappa shape index (κ3) is 3.62. The molecule has 0 atom stereocenters. The summed E-state index contributed by atoms with van der Waals surface area (Å²) in [4.78, 5) is 8.69. The fraction of sp³-hybridized carbons (Fsp3) is 0.133. The van der Waals surface area contributed by atoms with E-state index in [1.165, 1.54) is 0 Å². The van der Waals surface area contributed by atoms with Crippen molar-refractivity contribution in [3.8, 4) is 23.5 Å². The SMILES string of the molecule is CCc1ccnc(-c2ccc(NN=C(C#N)C#N)cc2)n1. The summed E-state index contributed by atoms with van der Waals surface area (Å²) in [5.41, 5.74) is 4.98. The average Bonchev–Trinajstić information content (AvgIpc) is 2.56. The van der Waals surface area contributed by atoms with Gasteiger partial charge in [-0.2, -0.15) is 15.6 Å². The Balaban J connectivity index is 2.18. The second kappa shape index (κ2) is 6.78. The lowest BCUT2D eigenvalue weighted by Crippen LogP contribution is -1.97. The highest BCUT2D eigenvalue weighted by molar-refractivity contribution is 6.10. The zero-order chi connectivity index (χ0) is 15.1. The number of nitriles is 2. The van der Waals surface area contributed by atoms with E-state index in [0.717, 1.165) is 17.7 Å². The molecule has 1 N–H and O–H groups in total. The monoisotopic (exact) mass is 276 g/mol. The molecule has 0 saturated heterocycles. The first-order valence-corrected chi connectivity index (χ1v) is 6.33. The lowest BCUT2D eigenvalue weighted by atomic mass is 10.2. The fourth-order valence-electron chi connectivity index (χ4n) is 1.62. The van der Waals surface area contributed by atoms with Crippen molar-refractivity contribution in [2.24, 2.45) is 5.10 Å². The van der Waals surface area contributed by atoms with Gasteiger partial charge in [0.15, 0.2) is 5.82 Å². The van der Waals surface area contributed by atoms with Crippen molar-refractivity contribution in [3.05, 3.63) is 42.2 Å². The van der Waals surface area contributed by atoms with Crippen molar-refractivity contribution in [1.29, 1.82) is 10.5 Å². The summed E-state index contributed by atoms with van der Waals surface area (Å²) in [7, 11) is 0. The van der Waals surface area contributed by atoms with Crippen LogP contribution in [0.15, 0.2) is 41.6 Å². The van der Waals surface area contributed by atoms with Crippen LogP contribution in [-0.4, -0.2) is 15.7 Å². The summed E-state index contributed by atoms with van der Waals surface area (Å²) in [6.45, 7) is 2.04. The molecular formula is C15H12N6. The number of anilines is 1. The summed E-state index contributed by atoms with van der Waals surface area (Å²) in [6.07, 6.45) is 2.60. The molecular weight excluding hydrogens is 264 g/mol. The van der Waals surface area contributed by atoms with Crippen molar-refractivity contribution >= 4 is 11.4 Å². The van der Waals surface area contributed by atoms with Gasteiger partial charge in [-0.3, -0.25) is 5.43 Å². The van der Waals surface area contributed by atoms with Crippen molar-refractivity contribution in [2.75, 3.05) is 5.43 Å². The van der Waals surface area contributed by atoms with E-state index < -0.39 is 0 Å². The van der Waals surface area contributed by atoms with Gasteiger partial charge in [0.05, 0.1) is 5.69 Å². The first-order chi connectivity index (χ1) is 10.3. The van der Waals surface area contributed by atoms with E-state index in [1.54, 1.807) is 30.5 Å². The molecule has 0 aliphatic carbocycles. The predicted octanol–water partition coefficient (Wildman–Crippen LogP) is 2.52. The number of nitrogens with one attached hydrogen (secondary N) is 1. The van der Waals surface area contributed by atoms with Gasteiger partial charge >= 0.3 is 0 Å². The molecule has 0 radical (unpaired) electrons. The molecule has 21 heavy (non-hydrogen) atoms. The van der Waals surface area contributed by atoms with Crippen LogP contribution in [0.25, 0.3) is 11.4 Å². The summed E-state index contributed by atoms with van der Waals surface area (Å²) < 4.78 is 0. The van der Waals surface area contributed by atoms with Crippen LogP contribution in [0.1, 0.15) is 12.6 Å². The third-order valence-electron chi connectivity index (χ3n) is 2.73. The van der Waals surface area contributed by atoms with E-state index in [4.69, 9.17) is 10.5 Å². The molecule has 0 unspecified atom stereocenters. The van der Waals surface area contributed by atoms with Gasteiger partial charge in [-0.25, -0.2) is 9.97 Å². The Labute approximate surface area is 122 Å². The van der Waals surface area contributed by atoms with Crippen molar-refractivity contribution in [2.45, 2.75) is 13.3 Å². The summed E-state index contributed by atoms with van der Waals surface area (Å²) >= 11 is 0. The Morgan fingerprint density at radius 3 is 2.52 bits per heavy atom. The van der Waals surface area contributed by atoms with Crippen LogP contribution in [-0.2, 0) is 6.42 Å². The van der Waals surface area contributed by atoms with Crippen molar-refractivity contribution < 1.29 is 0 Å². The molecule has 0 aliphatic heterocycles. The second-order valence-corrected chi connectivity index (χ2v) is 4.10. The number of hydrogen-bond acceptors (Lipinski definition) is 6.